The Morgan fingerprint density at radius 2 is 1.61 bits per heavy atom. The molecule has 0 bridgehead atoms. The van der Waals surface area contributed by atoms with Gasteiger partial charge in [0.05, 0.1) is 11.4 Å². The van der Waals surface area contributed by atoms with E-state index in [0.717, 1.165) is 56.0 Å². The maximum atomic E-state index is 13.3. The zero-order valence-corrected chi connectivity index (χ0v) is 20.9. The largest absolute Gasteiger partial charge is 0.356 e. The maximum absolute atomic E-state index is 13.3. The molecule has 0 N–H and O–H groups in total. The molecule has 0 radical (unpaired) electrons. The smallest absolute Gasteiger partial charge is 0.272 e. The molecule has 0 unspecified atom stereocenters. The Hall–Kier alpha value is -3.81. The number of pyridine rings is 1. The summed E-state index contributed by atoms with van der Waals surface area (Å²) in [5.41, 5.74) is 4.80. The molecule has 186 valence electrons. The molecule has 0 atom stereocenters. The van der Waals surface area contributed by atoms with Crippen molar-refractivity contribution in [3.63, 3.8) is 0 Å². The van der Waals surface area contributed by atoms with Crippen LogP contribution in [0.2, 0.25) is 0 Å². The van der Waals surface area contributed by atoms with Gasteiger partial charge in [-0.1, -0.05) is 24.3 Å². The van der Waals surface area contributed by atoms with Crippen LogP contribution in [-0.4, -0.2) is 63.9 Å². The van der Waals surface area contributed by atoms with Crippen molar-refractivity contribution in [2.45, 2.75) is 45.6 Å². The highest BCUT2D eigenvalue weighted by Crippen LogP contribution is 2.27. The van der Waals surface area contributed by atoms with Crippen LogP contribution >= 0.6 is 0 Å². The Balaban J connectivity index is 1.25. The van der Waals surface area contributed by atoms with E-state index in [1.165, 1.54) is 17.5 Å². The topological polar surface area (TPSA) is 82.5 Å². The molecular formula is C28H32N6O2. The summed E-state index contributed by atoms with van der Waals surface area (Å²) in [5, 5.41) is 0. The normalized spacial score (nSPS) is 16.3. The second kappa shape index (κ2) is 10.4. The number of piperidine rings is 1. The van der Waals surface area contributed by atoms with Crippen molar-refractivity contribution >= 4 is 23.3 Å². The highest BCUT2D eigenvalue weighted by atomic mass is 16.2. The SMILES string of the molecule is CC(=O)N(c1cccnc1C)C1CCN(c2cc(C(=O)N3CCc4ccccc4CC3)ncn2)CC1. The molecule has 8 nitrogen and oxygen atoms in total. The molecule has 2 aromatic heterocycles. The number of carbonyl (C=O) groups excluding carboxylic acids is 2. The first kappa shape index (κ1) is 23.9. The monoisotopic (exact) mass is 484 g/mol. The van der Waals surface area contributed by atoms with Gasteiger partial charge in [-0.3, -0.25) is 14.6 Å². The average molecular weight is 485 g/mol. The Morgan fingerprint density at radius 1 is 0.917 bits per heavy atom. The van der Waals surface area contributed by atoms with Crippen LogP contribution in [0.15, 0.2) is 55.0 Å². The van der Waals surface area contributed by atoms with Crippen LogP contribution in [0.1, 0.15) is 47.1 Å². The number of rotatable bonds is 4. The first-order valence-electron chi connectivity index (χ1n) is 12.7. The number of hydrogen-bond acceptors (Lipinski definition) is 6. The van der Waals surface area contributed by atoms with Gasteiger partial charge in [-0.2, -0.15) is 0 Å². The van der Waals surface area contributed by atoms with Crippen LogP contribution in [0.25, 0.3) is 0 Å². The van der Waals surface area contributed by atoms with E-state index in [1.807, 2.05) is 34.9 Å². The number of aryl methyl sites for hydroxylation is 1. The molecule has 2 aliphatic rings. The number of anilines is 2. The first-order valence-corrected chi connectivity index (χ1v) is 12.7. The molecule has 2 aliphatic heterocycles. The number of fused-ring (bicyclic) bond motifs is 1. The van der Waals surface area contributed by atoms with Gasteiger partial charge in [0.25, 0.3) is 5.91 Å². The Kier molecular flexibility index (Phi) is 6.93. The van der Waals surface area contributed by atoms with Gasteiger partial charge >= 0.3 is 0 Å². The molecule has 1 aromatic carbocycles. The van der Waals surface area contributed by atoms with Crippen LogP contribution in [-0.2, 0) is 17.6 Å². The van der Waals surface area contributed by atoms with Crippen molar-refractivity contribution in [2.75, 3.05) is 36.0 Å². The Morgan fingerprint density at radius 3 is 2.25 bits per heavy atom. The van der Waals surface area contributed by atoms with E-state index in [9.17, 15) is 9.59 Å². The number of benzene rings is 1. The zero-order valence-electron chi connectivity index (χ0n) is 20.9. The summed E-state index contributed by atoms with van der Waals surface area (Å²) in [5.74, 6) is 0.743. The Bertz CT molecular complexity index is 1230. The van der Waals surface area contributed by atoms with Crippen LogP contribution in [0.5, 0.6) is 0 Å². The number of aromatic nitrogens is 3. The van der Waals surface area contributed by atoms with Gasteiger partial charge in [-0.15, -0.1) is 0 Å². The summed E-state index contributed by atoms with van der Waals surface area (Å²) < 4.78 is 0. The molecule has 8 heteroatoms. The molecule has 0 saturated carbocycles. The zero-order chi connectivity index (χ0) is 25.1. The van der Waals surface area contributed by atoms with Gasteiger partial charge in [-0.25, -0.2) is 9.97 Å². The van der Waals surface area contributed by atoms with Gasteiger partial charge in [-0.05, 0) is 55.9 Å². The minimum atomic E-state index is -0.0452. The fourth-order valence-electron chi connectivity index (χ4n) is 5.38. The third-order valence-electron chi connectivity index (χ3n) is 7.31. The van der Waals surface area contributed by atoms with Crippen molar-refractivity contribution in [1.82, 2.24) is 19.9 Å². The number of nitrogens with zero attached hydrogens (tertiary/aromatic N) is 6. The summed E-state index contributed by atoms with van der Waals surface area (Å²) in [6.07, 6.45) is 6.57. The second-order valence-electron chi connectivity index (χ2n) is 9.54. The molecule has 0 aliphatic carbocycles. The van der Waals surface area contributed by atoms with Crippen molar-refractivity contribution in [1.29, 1.82) is 0 Å². The van der Waals surface area contributed by atoms with Crippen LogP contribution in [0.4, 0.5) is 11.5 Å². The molecule has 4 heterocycles. The molecule has 1 saturated heterocycles. The molecule has 5 rings (SSSR count). The van der Waals surface area contributed by atoms with E-state index in [2.05, 4.69) is 44.1 Å². The third kappa shape index (κ3) is 4.94. The van der Waals surface area contributed by atoms with Gasteiger partial charge in [0.15, 0.2) is 0 Å². The van der Waals surface area contributed by atoms with Crippen molar-refractivity contribution in [2.24, 2.45) is 0 Å². The average Bonchev–Trinajstić information content (AvgIpc) is 3.13. The summed E-state index contributed by atoms with van der Waals surface area (Å²) in [6, 6.07) is 14.2. The standard InChI is InChI=1S/C28H32N6O2/c1-20-26(8-5-13-29-20)34(21(2)35)24-11-16-32(17-12-24)27-18-25(30-19-31-27)28(36)33-14-9-22-6-3-4-7-23(22)10-15-33/h3-8,13,18-19,24H,9-12,14-17H2,1-2H3. The quantitative estimate of drug-likeness (QED) is 0.564. The number of amides is 2. The lowest BCUT2D eigenvalue weighted by Crippen LogP contribution is -2.47. The predicted octanol–water partition coefficient (Wildman–Crippen LogP) is 3.44. The van der Waals surface area contributed by atoms with Crippen LogP contribution in [0, 0.1) is 6.92 Å². The third-order valence-corrected chi connectivity index (χ3v) is 7.31. The number of hydrogen-bond donors (Lipinski definition) is 0. The molecule has 36 heavy (non-hydrogen) atoms. The van der Waals surface area contributed by atoms with Gasteiger partial charge in [0.2, 0.25) is 5.91 Å². The van der Waals surface area contributed by atoms with Crippen molar-refractivity contribution in [3.8, 4) is 0 Å². The summed E-state index contributed by atoms with van der Waals surface area (Å²) >= 11 is 0. The Labute approximate surface area is 212 Å². The van der Waals surface area contributed by atoms with E-state index >= 15 is 0 Å². The van der Waals surface area contributed by atoms with E-state index in [0.29, 0.717) is 18.8 Å². The first-order chi connectivity index (χ1) is 17.5. The highest BCUT2D eigenvalue weighted by Gasteiger charge is 2.29. The lowest BCUT2D eigenvalue weighted by atomic mass is 10.0. The minimum absolute atomic E-state index is 0.0269. The molecular weight excluding hydrogens is 452 g/mol. The molecule has 2 amide bonds. The summed E-state index contributed by atoms with van der Waals surface area (Å²) in [7, 11) is 0. The van der Waals surface area contributed by atoms with Crippen molar-refractivity contribution in [3.05, 3.63) is 77.5 Å². The van der Waals surface area contributed by atoms with Gasteiger partial charge in [0.1, 0.15) is 17.8 Å². The molecule has 0 spiro atoms. The van der Waals surface area contributed by atoms with Crippen LogP contribution < -0.4 is 9.80 Å². The van der Waals surface area contributed by atoms with E-state index in [-0.39, 0.29) is 17.9 Å². The minimum Gasteiger partial charge on any atom is -0.356 e. The second-order valence-corrected chi connectivity index (χ2v) is 9.54. The lowest BCUT2D eigenvalue weighted by molar-refractivity contribution is -0.117. The lowest BCUT2D eigenvalue weighted by Gasteiger charge is -2.39. The van der Waals surface area contributed by atoms with Gasteiger partial charge in [0, 0.05) is 51.4 Å². The van der Waals surface area contributed by atoms with Gasteiger partial charge < -0.3 is 14.7 Å². The predicted molar refractivity (Wildman–Crippen MR) is 139 cm³/mol. The maximum Gasteiger partial charge on any atom is 0.272 e. The highest BCUT2D eigenvalue weighted by molar-refractivity contribution is 5.93. The molecule has 3 aromatic rings. The fourth-order valence-corrected chi connectivity index (χ4v) is 5.38. The van der Waals surface area contributed by atoms with Crippen molar-refractivity contribution < 1.29 is 9.59 Å². The molecule has 1 fully saturated rings. The summed E-state index contributed by atoms with van der Waals surface area (Å²) in [6.45, 7) is 6.42. The summed E-state index contributed by atoms with van der Waals surface area (Å²) in [4.78, 5) is 45.0. The van der Waals surface area contributed by atoms with E-state index < -0.39 is 0 Å². The van der Waals surface area contributed by atoms with E-state index in [4.69, 9.17) is 0 Å². The number of carbonyl (C=O) groups is 2. The van der Waals surface area contributed by atoms with Crippen LogP contribution in [0.3, 0.4) is 0 Å². The fraction of sp³-hybridized carbons (Fsp3) is 0.393. The van der Waals surface area contributed by atoms with E-state index in [1.54, 1.807) is 13.1 Å².